The van der Waals surface area contributed by atoms with Crippen LogP contribution in [-0.4, -0.2) is 78.6 Å². The van der Waals surface area contributed by atoms with Gasteiger partial charge in [-0.1, -0.05) is 6.07 Å². The Morgan fingerprint density at radius 3 is 2.52 bits per heavy atom. The van der Waals surface area contributed by atoms with Gasteiger partial charge in [0.25, 0.3) is 0 Å². The summed E-state index contributed by atoms with van der Waals surface area (Å²) in [7, 11) is 3.54. The lowest BCUT2D eigenvalue weighted by Gasteiger charge is -2.32. The Hall–Kier alpha value is -1.89. The molecule has 1 amide bonds. The van der Waals surface area contributed by atoms with Crippen molar-refractivity contribution in [3.05, 3.63) is 35.5 Å². The van der Waals surface area contributed by atoms with Crippen molar-refractivity contribution in [2.45, 2.75) is 44.9 Å². The van der Waals surface area contributed by atoms with E-state index in [1.54, 1.807) is 19.0 Å². The maximum Gasteiger partial charge on any atom is 0.248 e. The minimum Gasteiger partial charge on any atom is -0.368 e. The number of benzene rings is 1. The molecule has 29 heavy (non-hydrogen) atoms. The number of piperidine rings is 1. The van der Waals surface area contributed by atoms with Crippen LogP contribution in [0.5, 0.6) is 0 Å². The second-order valence-electron chi connectivity index (χ2n) is 8.77. The van der Waals surface area contributed by atoms with Gasteiger partial charge in [0.2, 0.25) is 5.91 Å². The van der Waals surface area contributed by atoms with Gasteiger partial charge in [0, 0.05) is 56.9 Å². The molecule has 4 rings (SSSR count). The summed E-state index contributed by atoms with van der Waals surface area (Å²) >= 11 is 0. The van der Waals surface area contributed by atoms with Gasteiger partial charge in [-0.25, -0.2) is 0 Å². The van der Waals surface area contributed by atoms with Crippen LogP contribution in [0.25, 0.3) is 10.9 Å². The van der Waals surface area contributed by atoms with Crippen LogP contribution in [0.1, 0.15) is 36.9 Å². The summed E-state index contributed by atoms with van der Waals surface area (Å²) in [6, 6.07) is 9.12. The average Bonchev–Trinajstić information content (AvgIpc) is 3.36. The summed E-state index contributed by atoms with van der Waals surface area (Å²) < 4.78 is 5.79. The van der Waals surface area contributed by atoms with Crippen LogP contribution >= 0.6 is 0 Å². The molecule has 0 aliphatic carbocycles. The number of rotatable bonds is 7. The maximum absolute atomic E-state index is 11.7. The van der Waals surface area contributed by atoms with E-state index in [9.17, 15) is 4.79 Å². The summed E-state index contributed by atoms with van der Waals surface area (Å²) in [5.41, 5.74) is 3.93. The zero-order chi connectivity index (χ0) is 20.2. The monoisotopic (exact) mass is 398 g/mol. The van der Waals surface area contributed by atoms with E-state index in [1.165, 1.54) is 48.1 Å². The maximum atomic E-state index is 11.7. The van der Waals surface area contributed by atoms with Crippen LogP contribution < -0.4 is 0 Å². The summed E-state index contributed by atoms with van der Waals surface area (Å²) in [6.45, 7) is 6.70. The van der Waals surface area contributed by atoms with Crippen molar-refractivity contribution in [3.63, 3.8) is 0 Å². The number of amides is 1. The number of carbonyl (C=O) groups is 1. The first kappa shape index (κ1) is 20.4. The van der Waals surface area contributed by atoms with Gasteiger partial charge in [-0.3, -0.25) is 14.6 Å². The largest absolute Gasteiger partial charge is 0.368 e. The zero-order valence-corrected chi connectivity index (χ0v) is 17.8. The van der Waals surface area contributed by atoms with Crippen LogP contribution in [-0.2, 0) is 22.6 Å². The van der Waals surface area contributed by atoms with E-state index >= 15 is 0 Å². The van der Waals surface area contributed by atoms with Gasteiger partial charge in [-0.15, -0.1) is 0 Å². The molecule has 2 aliphatic rings. The summed E-state index contributed by atoms with van der Waals surface area (Å²) in [5.74, 6) is 0.0383. The molecule has 6 heteroatoms. The number of hydrogen-bond acceptors (Lipinski definition) is 4. The highest BCUT2D eigenvalue weighted by Crippen LogP contribution is 2.22. The lowest BCUT2D eigenvalue weighted by Crippen LogP contribution is -2.38. The quantitative estimate of drug-likeness (QED) is 0.779. The van der Waals surface area contributed by atoms with Gasteiger partial charge in [-0.05, 0) is 62.5 Å². The minimum absolute atomic E-state index is 0.0383. The third-order valence-electron chi connectivity index (χ3n) is 6.22. The Kier molecular flexibility index (Phi) is 6.53. The van der Waals surface area contributed by atoms with Crippen LogP contribution in [0.4, 0.5) is 0 Å². The minimum atomic E-state index is 0.0383. The lowest BCUT2D eigenvalue weighted by molar-refractivity contribution is -0.136. The van der Waals surface area contributed by atoms with Crippen LogP contribution in [0.15, 0.2) is 24.3 Å². The van der Waals surface area contributed by atoms with Crippen molar-refractivity contribution >= 4 is 16.8 Å². The van der Waals surface area contributed by atoms with Gasteiger partial charge in [0.05, 0.1) is 6.10 Å². The van der Waals surface area contributed by atoms with E-state index < -0.39 is 0 Å². The van der Waals surface area contributed by atoms with Gasteiger partial charge < -0.3 is 14.6 Å². The van der Waals surface area contributed by atoms with Gasteiger partial charge in [0.15, 0.2) is 0 Å². The summed E-state index contributed by atoms with van der Waals surface area (Å²) in [6.07, 6.45) is 4.85. The molecule has 1 N–H and O–H groups in total. The van der Waals surface area contributed by atoms with E-state index in [4.69, 9.17) is 4.74 Å². The summed E-state index contributed by atoms with van der Waals surface area (Å²) in [4.78, 5) is 21.9. The number of nitrogens with zero attached hydrogens (tertiary/aromatic N) is 3. The number of hydrogen-bond donors (Lipinski definition) is 1. The van der Waals surface area contributed by atoms with Crippen molar-refractivity contribution in [2.24, 2.45) is 0 Å². The Labute approximate surface area is 173 Å². The zero-order valence-electron chi connectivity index (χ0n) is 17.8. The predicted molar refractivity (Wildman–Crippen MR) is 116 cm³/mol. The summed E-state index contributed by atoms with van der Waals surface area (Å²) in [5, 5.41) is 1.32. The number of carbonyl (C=O) groups excluding carboxylic acids is 1. The number of nitrogens with one attached hydrogen (secondary N) is 1. The molecule has 0 bridgehead atoms. The first-order chi connectivity index (χ1) is 14.1. The fourth-order valence-corrected chi connectivity index (χ4v) is 4.42. The fraction of sp³-hybridized carbons (Fsp3) is 0.609. The van der Waals surface area contributed by atoms with Crippen molar-refractivity contribution < 1.29 is 9.53 Å². The van der Waals surface area contributed by atoms with Crippen molar-refractivity contribution in [1.82, 2.24) is 19.7 Å². The molecule has 2 aliphatic heterocycles. The van der Waals surface area contributed by atoms with Gasteiger partial charge >= 0.3 is 0 Å². The lowest BCUT2D eigenvalue weighted by atomic mass is 10.1. The highest BCUT2D eigenvalue weighted by molar-refractivity contribution is 5.81. The molecule has 158 valence electrons. The Bertz CT molecular complexity index is 817. The number of ether oxygens (including phenoxy) is 1. The predicted octanol–water partition coefficient (Wildman–Crippen LogP) is 2.83. The Morgan fingerprint density at radius 2 is 1.79 bits per heavy atom. The van der Waals surface area contributed by atoms with E-state index in [1.807, 2.05) is 0 Å². The van der Waals surface area contributed by atoms with Gasteiger partial charge in [-0.2, -0.15) is 0 Å². The number of fused-ring (bicyclic) bond motifs is 1. The first-order valence-electron chi connectivity index (χ1n) is 10.9. The van der Waals surface area contributed by atoms with E-state index in [0.29, 0.717) is 0 Å². The van der Waals surface area contributed by atoms with Gasteiger partial charge in [0.1, 0.15) is 6.61 Å². The normalized spacial score (nSPS) is 19.2. The molecule has 0 unspecified atom stereocenters. The first-order valence-corrected chi connectivity index (χ1v) is 10.9. The van der Waals surface area contributed by atoms with Crippen LogP contribution in [0.2, 0.25) is 0 Å². The number of aromatic amines is 1. The third kappa shape index (κ3) is 5.38. The molecule has 0 spiro atoms. The van der Waals surface area contributed by atoms with Crippen molar-refractivity contribution in [3.8, 4) is 0 Å². The second kappa shape index (κ2) is 9.28. The smallest absolute Gasteiger partial charge is 0.248 e. The number of aromatic nitrogens is 1. The van der Waals surface area contributed by atoms with Crippen molar-refractivity contribution in [2.75, 3.05) is 46.9 Å². The molecule has 1 aromatic heterocycles. The highest BCUT2D eigenvalue weighted by atomic mass is 16.5. The van der Waals surface area contributed by atoms with Crippen LogP contribution in [0.3, 0.4) is 0 Å². The number of likely N-dealkylation sites (tertiary alicyclic amines) is 2. The standard InChI is InChI=1S/C23H34N4O2/c1-25(2)23(28)17-29-21-7-11-27(12-8-21)15-18-5-6-22-19(13-18)14-20(24-22)16-26-9-3-4-10-26/h5-6,13-14,21,24H,3-4,7-12,15-17H2,1-2H3. The molecular formula is C23H34N4O2. The van der Waals surface area contributed by atoms with Crippen molar-refractivity contribution in [1.29, 1.82) is 0 Å². The molecule has 2 saturated heterocycles. The van der Waals surface area contributed by atoms with E-state index in [0.717, 1.165) is 39.0 Å². The highest BCUT2D eigenvalue weighted by Gasteiger charge is 2.21. The molecular weight excluding hydrogens is 364 g/mol. The molecule has 1 aromatic carbocycles. The molecule has 6 nitrogen and oxygen atoms in total. The SMILES string of the molecule is CN(C)C(=O)COC1CCN(Cc2ccc3[nH]c(CN4CCCC4)cc3c2)CC1. The topological polar surface area (TPSA) is 51.8 Å². The number of likely N-dealkylation sites (N-methyl/N-ethyl adjacent to an activating group) is 1. The molecule has 2 aromatic rings. The molecule has 2 fully saturated rings. The van der Waals surface area contributed by atoms with Crippen LogP contribution in [0, 0.1) is 0 Å². The van der Waals surface area contributed by atoms with E-state index in [2.05, 4.69) is 39.0 Å². The Balaban J connectivity index is 1.28. The molecule has 0 radical (unpaired) electrons. The average molecular weight is 399 g/mol. The second-order valence-corrected chi connectivity index (χ2v) is 8.77. The molecule has 0 atom stereocenters. The molecule has 3 heterocycles. The fourth-order valence-electron chi connectivity index (χ4n) is 4.42. The van der Waals surface area contributed by atoms with E-state index in [-0.39, 0.29) is 18.6 Å². The molecule has 0 saturated carbocycles. The third-order valence-corrected chi connectivity index (χ3v) is 6.22. The number of H-pyrrole nitrogens is 1. The Morgan fingerprint density at radius 1 is 1.07 bits per heavy atom.